The van der Waals surface area contributed by atoms with Crippen molar-refractivity contribution in [2.75, 3.05) is 25.2 Å². The van der Waals surface area contributed by atoms with Crippen LogP contribution >= 0.6 is 0 Å². The molecule has 46 heavy (non-hydrogen) atoms. The molecule has 2 aliphatic heterocycles. The molecule has 0 N–H and O–H groups in total. The minimum absolute atomic E-state index is 0.0745. The second-order valence-corrected chi connectivity index (χ2v) is 13.1. The largest absolute Gasteiger partial charge is 0.497 e. The highest BCUT2D eigenvalue weighted by molar-refractivity contribution is 7.91. The molecule has 1 fully saturated rings. The number of nitrogens with zero attached hydrogens (tertiary/aromatic N) is 4. The normalized spacial score (nSPS) is 18.6. The molecule has 6 rings (SSSR count). The van der Waals surface area contributed by atoms with Crippen molar-refractivity contribution < 1.29 is 27.5 Å². The Bertz CT molecular complexity index is 2020. The number of nitriles is 1. The van der Waals surface area contributed by atoms with Crippen molar-refractivity contribution in [1.82, 2.24) is 14.7 Å². The molecule has 1 unspecified atom stereocenters. The standard InChI is InChI=1S/C35H30N4O6S/c1-3-45-29-15-11-24(12-16-29)33-25(21-38(37-33)26-7-5-4-6-8-26)19-30-32(23-9-13-28(44-2)14-10-23)31(20-36)35(41)39(34(30)40)27-17-18-46(42,43)22-27/h4-16,19,21,27H,3,17-18,22H2,1-2H3/b30-19-. The summed E-state index contributed by atoms with van der Waals surface area (Å²) < 4.78 is 37.4. The van der Waals surface area contributed by atoms with Crippen LogP contribution in [0.15, 0.2) is 96.2 Å². The van der Waals surface area contributed by atoms with Gasteiger partial charge in [-0.25, -0.2) is 13.1 Å². The smallest absolute Gasteiger partial charge is 0.272 e. The number of carbonyl (C=O) groups is 2. The predicted molar refractivity (Wildman–Crippen MR) is 173 cm³/mol. The molecule has 11 heteroatoms. The molecule has 10 nitrogen and oxygen atoms in total. The van der Waals surface area contributed by atoms with Crippen LogP contribution in [-0.4, -0.2) is 66.2 Å². The zero-order valence-electron chi connectivity index (χ0n) is 25.2. The molecule has 0 radical (unpaired) electrons. The van der Waals surface area contributed by atoms with Gasteiger partial charge in [-0.2, -0.15) is 10.4 Å². The lowest BCUT2D eigenvalue weighted by molar-refractivity contribution is -0.142. The van der Waals surface area contributed by atoms with Crippen molar-refractivity contribution in [3.63, 3.8) is 0 Å². The molecule has 0 aliphatic carbocycles. The molecule has 1 aromatic heterocycles. The van der Waals surface area contributed by atoms with Crippen molar-refractivity contribution in [1.29, 1.82) is 5.26 Å². The van der Waals surface area contributed by atoms with E-state index in [2.05, 4.69) is 0 Å². The molecule has 0 saturated carbocycles. The van der Waals surface area contributed by atoms with Gasteiger partial charge in [0, 0.05) is 22.9 Å². The fourth-order valence-electron chi connectivity index (χ4n) is 5.76. The number of benzene rings is 3. The van der Waals surface area contributed by atoms with Gasteiger partial charge in [0.2, 0.25) is 0 Å². The van der Waals surface area contributed by atoms with Gasteiger partial charge in [0.25, 0.3) is 11.8 Å². The molecule has 2 amide bonds. The molecular formula is C35H30N4O6S. The number of para-hydroxylation sites is 1. The van der Waals surface area contributed by atoms with Gasteiger partial charge < -0.3 is 9.47 Å². The lowest BCUT2D eigenvalue weighted by atomic mass is 9.86. The molecule has 1 atom stereocenters. The van der Waals surface area contributed by atoms with E-state index >= 15 is 0 Å². The van der Waals surface area contributed by atoms with Crippen molar-refractivity contribution in [3.05, 3.63) is 107 Å². The van der Waals surface area contributed by atoms with E-state index in [0.29, 0.717) is 34.9 Å². The fraction of sp³-hybridized carbons (Fsp3) is 0.200. The molecule has 3 aromatic carbocycles. The first-order valence-electron chi connectivity index (χ1n) is 14.7. The van der Waals surface area contributed by atoms with Gasteiger partial charge in [-0.05, 0) is 73.5 Å². The molecule has 1 saturated heterocycles. The van der Waals surface area contributed by atoms with Gasteiger partial charge in [0.05, 0.1) is 48.2 Å². The van der Waals surface area contributed by atoms with E-state index in [9.17, 15) is 23.3 Å². The summed E-state index contributed by atoms with van der Waals surface area (Å²) in [6.07, 6.45) is 3.51. The number of carbonyl (C=O) groups excluding carboxylic acids is 2. The predicted octanol–water partition coefficient (Wildman–Crippen LogP) is 4.86. The van der Waals surface area contributed by atoms with Crippen molar-refractivity contribution in [2.24, 2.45) is 0 Å². The summed E-state index contributed by atoms with van der Waals surface area (Å²) in [6.45, 7) is 2.42. The minimum atomic E-state index is -3.45. The van der Waals surface area contributed by atoms with Crippen molar-refractivity contribution in [3.8, 4) is 34.5 Å². The Hall–Kier alpha value is -5.47. The van der Waals surface area contributed by atoms with E-state index in [4.69, 9.17) is 14.6 Å². The first kappa shape index (κ1) is 30.6. The number of imide groups is 1. The summed E-state index contributed by atoms with van der Waals surface area (Å²) >= 11 is 0. The quantitative estimate of drug-likeness (QED) is 0.198. The van der Waals surface area contributed by atoms with Gasteiger partial charge in [-0.3, -0.25) is 14.5 Å². The van der Waals surface area contributed by atoms with Crippen molar-refractivity contribution >= 4 is 33.3 Å². The third-order valence-electron chi connectivity index (χ3n) is 7.97. The van der Waals surface area contributed by atoms with Crippen LogP contribution in [0.2, 0.25) is 0 Å². The Morgan fingerprint density at radius 1 is 0.957 bits per heavy atom. The summed E-state index contributed by atoms with van der Waals surface area (Å²) in [7, 11) is -1.92. The van der Waals surface area contributed by atoms with Crippen LogP contribution in [0.3, 0.4) is 0 Å². The number of ether oxygens (including phenoxy) is 2. The summed E-state index contributed by atoms with van der Waals surface area (Å²) in [4.78, 5) is 29.1. The van der Waals surface area contributed by atoms with Crippen LogP contribution in [0, 0.1) is 11.3 Å². The van der Waals surface area contributed by atoms with E-state index < -0.39 is 27.7 Å². The zero-order valence-corrected chi connectivity index (χ0v) is 26.0. The van der Waals surface area contributed by atoms with Gasteiger partial charge >= 0.3 is 0 Å². The maximum absolute atomic E-state index is 14.4. The SMILES string of the molecule is CCOc1ccc(-c2nn(-c3ccccc3)cc2/C=C2\C(=O)N(C3CCS(=O)(=O)C3)C(=O)C(C#N)=C2c2ccc(OC)cc2)cc1. The highest BCUT2D eigenvalue weighted by Gasteiger charge is 2.45. The average molecular weight is 635 g/mol. The lowest BCUT2D eigenvalue weighted by Crippen LogP contribution is -2.49. The zero-order chi connectivity index (χ0) is 32.4. The van der Waals surface area contributed by atoms with Crippen LogP contribution < -0.4 is 9.47 Å². The maximum Gasteiger partial charge on any atom is 0.272 e. The van der Waals surface area contributed by atoms with Gasteiger partial charge in [0.15, 0.2) is 9.84 Å². The Morgan fingerprint density at radius 3 is 2.24 bits per heavy atom. The number of hydrogen-bond acceptors (Lipinski definition) is 8. The lowest BCUT2D eigenvalue weighted by Gasteiger charge is -2.32. The third kappa shape index (κ3) is 5.82. The van der Waals surface area contributed by atoms with Gasteiger partial charge in [0.1, 0.15) is 23.1 Å². The van der Waals surface area contributed by atoms with Crippen LogP contribution in [0.25, 0.3) is 28.6 Å². The second kappa shape index (κ2) is 12.5. The number of aromatic nitrogens is 2. The van der Waals surface area contributed by atoms with Gasteiger partial charge in [-0.1, -0.05) is 30.3 Å². The molecule has 0 bridgehead atoms. The molecule has 4 aromatic rings. The second-order valence-electron chi connectivity index (χ2n) is 10.9. The third-order valence-corrected chi connectivity index (χ3v) is 9.72. The Kier molecular flexibility index (Phi) is 8.30. The van der Waals surface area contributed by atoms with Crippen LogP contribution in [0.1, 0.15) is 24.5 Å². The van der Waals surface area contributed by atoms with Gasteiger partial charge in [-0.15, -0.1) is 0 Å². The van der Waals surface area contributed by atoms with Crippen LogP contribution in [-0.2, 0) is 19.4 Å². The van der Waals surface area contributed by atoms with Crippen LogP contribution in [0.5, 0.6) is 11.5 Å². The summed E-state index contributed by atoms with van der Waals surface area (Å²) in [5.74, 6) is -0.734. The first-order valence-corrected chi connectivity index (χ1v) is 16.5. The van der Waals surface area contributed by atoms with Crippen LogP contribution in [0.4, 0.5) is 0 Å². The Balaban J connectivity index is 1.58. The molecule has 0 spiro atoms. The van der Waals surface area contributed by atoms with E-state index in [1.165, 1.54) is 7.11 Å². The molecule has 3 heterocycles. The Morgan fingerprint density at radius 2 is 1.63 bits per heavy atom. The maximum atomic E-state index is 14.4. The number of hydrogen-bond donors (Lipinski definition) is 0. The number of sulfone groups is 1. The van der Waals surface area contributed by atoms with E-state index in [1.807, 2.05) is 67.6 Å². The van der Waals surface area contributed by atoms with E-state index in [0.717, 1.165) is 16.2 Å². The minimum Gasteiger partial charge on any atom is -0.497 e. The highest BCUT2D eigenvalue weighted by Crippen LogP contribution is 2.39. The topological polar surface area (TPSA) is 132 Å². The average Bonchev–Trinajstić information content (AvgIpc) is 3.66. The highest BCUT2D eigenvalue weighted by atomic mass is 32.2. The van der Waals surface area contributed by atoms with Crippen molar-refractivity contribution in [2.45, 2.75) is 19.4 Å². The Labute approximate surface area is 266 Å². The fourth-order valence-corrected chi connectivity index (χ4v) is 7.46. The first-order chi connectivity index (χ1) is 22.2. The number of rotatable bonds is 8. The number of methoxy groups -OCH3 is 1. The number of amides is 2. The van der Waals surface area contributed by atoms with E-state index in [1.54, 1.807) is 41.2 Å². The molecular weight excluding hydrogens is 604 g/mol. The molecule has 232 valence electrons. The summed E-state index contributed by atoms with van der Waals surface area (Å²) in [6, 6.07) is 24.7. The van der Waals surface area contributed by atoms with E-state index in [-0.39, 0.29) is 34.6 Å². The molecule has 2 aliphatic rings. The monoisotopic (exact) mass is 634 g/mol. The summed E-state index contributed by atoms with van der Waals surface area (Å²) in [5, 5.41) is 15.2. The summed E-state index contributed by atoms with van der Waals surface area (Å²) in [5.41, 5.74) is 3.07.